The van der Waals surface area contributed by atoms with Gasteiger partial charge in [-0.05, 0) is 42.3 Å². The minimum absolute atomic E-state index is 0.0424. The van der Waals surface area contributed by atoms with Crippen LogP contribution < -0.4 is 9.47 Å². The third-order valence-corrected chi connectivity index (χ3v) is 2.78. The van der Waals surface area contributed by atoms with Crippen LogP contribution in [-0.4, -0.2) is 12.2 Å². The Balaban J connectivity index is 2.26. The van der Waals surface area contributed by atoms with Crippen molar-refractivity contribution in [3.63, 3.8) is 0 Å². The number of aryl methyl sites for hydroxylation is 1. The van der Waals surface area contributed by atoms with Gasteiger partial charge < -0.3 is 14.6 Å². The van der Waals surface area contributed by atoms with E-state index in [4.69, 9.17) is 14.6 Å². The first-order valence-corrected chi connectivity index (χ1v) is 5.76. The summed E-state index contributed by atoms with van der Waals surface area (Å²) >= 11 is 0. The van der Waals surface area contributed by atoms with Crippen LogP contribution in [0.1, 0.15) is 11.1 Å². The van der Waals surface area contributed by atoms with E-state index in [0.29, 0.717) is 11.5 Å². The van der Waals surface area contributed by atoms with Crippen LogP contribution in [0, 0.1) is 6.92 Å². The Bertz CT molecular complexity index is 535. The Hall–Kier alpha value is -2.00. The molecule has 0 saturated carbocycles. The number of para-hydroxylation sites is 2. The molecule has 0 heterocycles. The molecular formula is C15H16O3. The molecule has 0 saturated heterocycles. The molecule has 0 radical (unpaired) electrons. The van der Waals surface area contributed by atoms with Gasteiger partial charge in [0.05, 0.1) is 13.7 Å². The summed E-state index contributed by atoms with van der Waals surface area (Å²) in [5, 5.41) is 9.12. The minimum atomic E-state index is 0.0424. The van der Waals surface area contributed by atoms with Crippen LogP contribution >= 0.6 is 0 Å². The Labute approximate surface area is 107 Å². The molecule has 2 aromatic carbocycles. The lowest BCUT2D eigenvalue weighted by Crippen LogP contribution is -1.92. The van der Waals surface area contributed by atoms with Crippen molar-refractivity contribution in [2.75, 3.05) is 7.11 Å². The Morgan fingerprint density at radius 2 is 1.78 bits per heavy atom. The lowest BCUT2D eigenvalue weighted by molar-refractivity contribution is 0.281. The molecule has 0 atom stereocenters. The van der Waals surface area contributed by atoms with Gasteiger partial charge in [-0.3, -0.25) is 0 Å². The molecule has 0 aliphatic heterocycles. The SMILES string of the molecule is COc1ccccc1Oc1ccc(CO)c(C)c1. The second-order valence-electron chi connectivity index (χ2n) is 4.00. The van der Waals surface area contributed by atoms with E-state index in [1.54, 1.807) is 7.11 Å². The minimum Gasteiger partial charge on any atom is -0.493 e. The summed E-state index contributed by atoms with van der Waals surface area (Å²) in [6.07, 6.45) is 0. The zero-order chi connectivity index (χ0) is 13.0. The van der Waals surface area contributed by atoms with E-state index in [0.717, 1.165) is 16.9 Å². The van der Waals surface area contributed by atoms with Gasteiger partial charge >= 0.3 is 0 Å². The molecule has 2 rings (SSSR count). The second-order valence-corrected chi connectivity index (χ2v) is 4.00. The zero-order valence-electron chi connectivity index (χ0n) is 10.5. The van der Waals surface area contributed by atoms with Gasteiger partial charge in [-0.15, -0.1) is 0 Å². The molecular weight excluding hydrogens is 228 g/mol. The number of rotatable bonds is 4. The summed E-state index contributed by atoms with van der Waals surface area (Å²) in [5.74, 6) is 2.10. The number of ether oxygens (including phenoxy) is 2. The standard InChI is InChI=1S/C15H16O3/c1-11-9-13(8-7-12(11)10-16)18-15-6-4-3-5-14(15)17-2/h3-9,16H,10H2,1-2H3. The van der Waals surface area contributed by atoms with E-state index < -0.39 is 0 Å². The highest BCUT2D eigenvalue weighted by Crippen LogP contribution is 2.31. The van der Waals surface area contributed by atoms with Crippen LogP contribution in [0.15, 0.2) is 42.5 Å². The van der Waals surface area contributed by atoms with E-state index in [9.17, 15) is 0 Å². The highest BCUT2D eigenvalue weighted by molar-refractivity contribution is 5.44. The number of hydrogen-bond donors (Lipinski definition) is 1. The molecule has 0 spiro atoms. The first-order valence-electron chi connectivity index (χ1n) is 5.76. The average molecular weight is 244 g/mol. The highest BCUT2D eigenvalue weighted by Gasteiger charge is 2.05. The first-order chi connectivity index (χ1) is 8.74. The van der Waals surface area contributed by atoms with Crippen LogP contribution in [0.3, 0.4) is 0 Å². The van der Waals surface area contributed by atoms with Crippen molar-refractivity contribution in [2.45, 2.75) is 13.5 Å². The molecule has 0 aromatic heterocycles. The van der Waals surface area contributed by atoms with Crippen molar-refractivity contribution in [1.82, 2.24) is 0 Å². The second kappa shape index (κ2) is 5.56. The molecule has 94 valence electrons. The van der Waals surface area contributed by atoms with E-state index in [2.05, 4.69) is 0 Å². The summed E-state index contributed by atoms with van der Waals surface area (Å²) in [4.78, 5) is 0. The van der Waals surface area contributed by atoms with Crippen molar-refractivity contribution in [1.29, 1.82) is 0 Å². The van der Waals surface area contributed by atoms with E-state index in [-0.39, 0.29) is 6.61 Å². The lowest BCUT2D eigenvalue weighted by Gasteiger charge is -2.11. The number of methoxy groups -OCH3 is 1. The third-order valence-electron chi connectivity index (χ3n) is 2.78. The zero-order valence-corrected chi connectivity index (χ0v) is 10.5. The van der Waals surface area contributed by atoms with Crippen molar-refractivity contribution in [2.24, 2.45) is 0 Å². The predicted octanol–water partition coefficient (Wildman–Crippen LogP) is 3.29. The number of aliphatic hydroxyl groups is 1. The monoisotopic (exact) mass is 244 g/mol. The van der Waals surface area contributed by atoms with Crippen LogP contribution in [-0.2, 0) is 6.61 Å². The number of aliphatic hydroxyl groups excluding tert-OH is 1. The van der Waals surface area contributed by atoms with Gasteiger partial charge in [-0.2, -0.15) is 0 Å². The fourth-order valence-corrected chi connectivity index (χ4v) is 1.74. The summed E-state index contributed by atoms with van der Waals surface area (Å²) in [5.41, 5.74) is 1.91. The van der Waals surface area contributed by atoms with Crippen molar-refractivity contribution >= 4 is 0 Å². The van der Waals surface area contributed by atoms with Crippen molar-refractivity contribution in [3.8, 4) is 17.2 Å². The van der Waals surface area contributed by atoms with Crippen LogP contribution in [0.4, 0.5) is 0 Å². The van der Waals surface area contributed by atoms with Crippen molar-refractivity contribution < 1.29 is 14.6 Å². The fourth-order valence-electron chi connectivity index (χ4n) is 1.74. The molecule has 0 aliphatic rings. The predicted molar refractivity (Wildman–Crippen MR) is 70.2 cm³/mol. The molecule has 0 unspecified atom stereocenters. The maximum atomic E-state index is 9.12. The molecule has 0 fully saturated rings. The van der Waals surface area contributed by atoms with Gasteiger partial charge in [0.15, 0.2) is 11.5 Å². The van der Waals surface area contributed by atoms with Crippen molar-refractivity contribution in [3.05, 3.63) is 53.6 Å². The normalized spacial score (nSPS) is 10.2. The average Bonchev–Trinajstić information content (AvgIpc) is 2.39. The topological polar surface area (TPSA) is 38.7 Å². The Kier molecular flexibility index (Phi) is 3.85. The molecule has 2 aromatic rings. The molecule has 18 heavy (non-hydrogen) atoms. The molecule has 1 N–H and O–H groups in total. The molecule has 0 amide bonds. The van der Waals surface area contributed by atoms with Gasteiger partial charge in [0.2, 0.25) is 0 Å². The van der Waals surface area contributed by atoms with E-state index in [1.807, 2.05) is 49.4 Å². The van der Waals surface area contributed by atoms with Gasteiger partial charge in [0, 0.05) is 0 Å². The quantitative estimate of drug-likeness (QED) is 0.897. The third kappa shape index (κ3) is 2.63. The molecule has 3 nitrogen and oxygen atoms in total. The summed E-state index contributed by atoms with van der Waals surface area (Å²) in [6.45, 7) is 1.99. The molecule has 3 heteroatoms. The van der Waals surface area contributed by atoms with Crippen LogP contribution in [0.2, 0.25) is 0 Å². The van der Waals surface area contributed by atoms with Gasteiger partial charge in [-0.25, -0.2) is 0 Å². The van der Waals surface area contributed by atoms with Gasteiger partial charge in [-0.1, -0.05) is 18.2 Å². The smallest absolute Gasteiger partial charge is 0.169 e. The van der Waals surface area contributed by atoms with Gasteiger partial charge in [0.1, 0.15) is 5.75 Å². The van der Waals surface area contributed by atoms with Crippen LogP contribution in [0.25, 0.3) is 0 Å². The fraction of sp³-hybridized carbons (Fsp3) is 0.200. The number of benzene rings is 2. The van der Waals surface area contributed by atoms with E-state index >= 15 is 0 Å². The summed E-state index contributed by atoms with van der Waals surface area (Å²) in [7, 11) is 1.61. The first kappa shape index (κ1) is 12.5. The Morgan fingerprint density at radius 1 is 1.06 bits per heavy atom. The lowest BCUT2D eigenvalue weighted by atomic mass is 10.1. The summed E-state index contributed by atoms with van der Waals surface area (Å²) < 4.78 is 11.0. The number of hydrogen-bond acceptors (Lipinski definition) is 3. The summed E-state index contributed by atoms with van der Waals surface area (Å²) in [6, 6.07) is 13.1. The van der Waals surface area contributed by atoms with Crippen LogP contribution in [0.5, 0.6) is 17.2 Å². The van der Waals surface area contributed by atoms with E-state index in [1.165, 1.54) is 0 Å². The maximum absolute atomic E-state index is 9.12. The largest absolute Gasteiger partial charge is 0.493 e. The maximum Gasteiger partial charge on any atom is 0.169 e. The van der Waals surface area contributed by atoms with Gasteiger partial charge in [0.25, 0.3) is 0 Å². The Morgan fingerprint density at radius 3 is 2.39 bits per heavy atom. The molecule has 0 aliphatic carbocycles. The molecule has 0 bridgehead atoms. The highest BCUT2D eigenvalue weighted by atomic mass is 16.5.